The predicted molar refractivity (Wildman–Crippen MR) is 461 cm³/mol. The maximum atomic E-state index is 12.9. The van der Waals surface area contributed by atoms with Gasteiger partial charge in [0.2, 0.25) is 17.8 Å². The summed E-state index contributed by atoms with van der Waals surface area (Å²) in [4.78, 5) is 112. The van der Waals surface area contributed by atoms with Gasteiger partial charge in [-0.1, -0.05) is 10.4 Å². The van der Waals surface area contributed by atoms with E-state index < -0.39 is 110 Å². The third kappa shape index (κ3) is 33.6. The number of aliphatic hydroxyl groups excluding tert-OH is 8. The number of hydrogen-bond acceptors (Lipinski definition) is 42. The van der Waals surface area contributed by atoms with Crippen LogP contribution in [-0.2, 0) is 109 Å². The van der Waals surface area contributed by atoms with Crippen LogP contribution in [0.1, 0.15) is 75.6 Å². The van der Waals surface area contributed by atoms with E-state index in [9.17, 15) is 69.6 Å². The third-order valence-electron chi connectivity index (χ3n) is 18.6. The van der Waals surface area contributed by atoms with Gasteiger partial charge in [0.1, 0.15) is 66.7 Å². The summed E-state index contributed by atoms with van der Waals surface area (Å²) in [7, 11) is 3.68. The van der Waals surface area contributed by atoms with Gasteiger partial charge in [-0.25, -0.2) is 38.9 Å². The molecule has 50 heteroatoms. The number of nitrogen functional groups attached to an aromatic ring is 4. The minimum Gasteiger partial charge on any atom is -0.480 e. The molecule has 3 amide bonds. The minimum atomic E-state index is -1.37. The number of carbonyl (C=O) groups excluding carboxylic acids is 4. The van der Waals surface area contributed by atoms with Crippen LogP contribution < -0.4 is 48.7 Å². The van der Waals surface area contributed by atoms with Gasteiger partial charge in [-0.3, -0.25) is 19.2 Å². The number of hydrogen-bond donors (Lipinski definition) is 17. The molecule has 1 radical (unpaired) electrons. The Bertz CT molecular complexity index is 4360. The van der Waals surface area contributed by atoms with Gasteiger partial charge in [0, 0.05) is 101 Å². The molecule has 2 aliphatic rings. The van der Waals surface area contributed by atoms with Gasteiger partial charge >= 0.3 is 11.9 Å². The molecule has 125 heavy (non-hydrogen) atoms. The maximum absolute atomic E-state index is 12.9. The molecule has 691 valence electrons. The summed E-state index contributed by atoms with van der Waals surface area (Å²) in [6, 6.07) is 10.8. The van der Waals surface area contributed by atoms with Gasteiger partial charge in [0.05, 0.1) is 133 Å². The van der Waals surface area contributed by atoms with Crippen molar-refractivity contribution in [2.75, 3.05) is 148 Å². The SMILES string of the molecule is CSCCOC1OC(CO)C(O)C(O)C1O.CSCCOC1OC(CO)C(O)C(O)C1O.CSCCOCCn1nncc1CCC(=O)CCC(NC(=O)c1ccc(N(C)Cc2cnc3nc(N)nc(N)c3n2)cc1)C(=O)O.CSCCOCCn1nncc1CNC(=O)CCC(NC(=O)c1ccc(N(C)Cc2cnc3nc(N)nc(N)c3n2)cc1)C(=O)O.[Au]. The molecule has 45 nitrogen and oxygen atoms in total. The zero-order valence-electron chi connectivity index (χ0n) is 69.4. The Balaban J connectivity index is 0.000000285. The largest absolute Gasteiger partial charge is 0.480 e. The van der Waals surface area contributed by atoms with E-state index >= 15 is 0 Å². The summed E-state index contributed by atoms with van der Waals surface area (Å²) in [5.74, 6) is -0.502. The van der Waals surface area contributed by atoms with Crippen LogP contribution in [0.3, 0.4) is 0 Å². The molecular weight excluding hydrogens is 1900 g/mol. The zero-order valence-corrected chi connectivity index (χ0v) is 74.8. The minimum absolute atomic E-state index is 0. The second-order valence-corrected chi connectivity index (χ2v) is 31.6. The predicted octanol–water partition coefficient (Wildman–Crippen LogP) is -1.84. The third-order valence-corrected chi connectivity index (χ3v) is 20.9. The summed E-state index contributed by atoms with van der Waals surface area (Å²) in [5, 5.41) is 118. The second-order valence-electron chi connectivity index (χ2n) is 27.7. The molecule has 8 aromatic rings. The number of thioether (sulfide) groups is 4. The zero-order chi connectivity index (χ0) is 90.4. The van der Waals surface area contributed by atoms with Crippen molar-refractivity contribution in [3.05, 3.63) is 107 Å². The van der Waals surface area contributed by atoms with E-state index in [1.165, 1.54) is 0 Å². The number of nitrogens with one attached hydrogen (secondary N) is 3. The molecule has 2 aliphatic heterocycles. The van der Waals surface area contributed by atoms with E-state index in [1.807, 2.05) is 48.9 Å². The van der Waals surface area contributed by atoms with E-state index in [1.54, 1.807) is 130 Å². The van der Waals surface area contributed by atoms with Crippen molar-refractivity contribution < 1.29 is 131 Å². The van der Waals surface area contributed by atoms with Crippen LogP contribution in [0.15, 0.2) is 73.3 Å². The molecule has 0 aliphatic carbocycles. The number of carboxylic acid groups (broad SMARTS) is 2. The van der Waals surface area contributed by atoms with Crippen LogP contribution in [0.25, 0.3) is 22.3 Å². The fraction of sp³-hybridized carbons (Fsp3) is 0.547. The average Bonchev–Trinajstić information content (AvgIpc) is 1.36. The topological polar surface area (TPSA) is 671 Å². The number of fused-ring (bicyclic) bond motifs is 2. The molecule has 0 spiro atoms. The summed E-state index contributed by atoms with van der Waals surface area (Å²) in [6.45, 7) is 4.04. The molecule has 21 N–H and O–H groups in total. The normalized spacial score (nSPS) is 18.9. The summed E-state index contributed by atoms with van der Waals surface area (Å²) < 4.78 is 35.1. The van der Waals surface area contributed by atoms with Gasteiger partial charge in [-0.2, -0.15) is 67.0 Å². The first-order valence-electron chi connectivity index (χ1n) is 38.8. The van der Waals surface area contributed by atoms with Crippen LogP contribution >= 0.6 is 47.0 Å². The molecule has 2 aromatic carbocycles. The number of ether oxygens (including phenoxy) is 6. The van der Waals surface area contributed by atoms with E-state index in [4.69, 9.17) is 61.6 Å². The van der Waals surface area contributed by atoms with E-state index in [2.05, 4.69) is 76.4 Å². The van der Waals surface area contributed by atoms with Crippen molar-refractivity contribution in [1.82, 2.24) is 85.8 Å². The van der Waals surface area contributed by atoms with Crippen LogP contribution in [0.2, 0.25) is 0 Å². The van der Waals surface area contributed by atoms with Gasteiger partial charge in [-0.15, -0.1) is 10.2 Å². The molecule has 0 bridgehead atoms. The maximum Gasteiger partial charge on any atom is 0.326 e. The molecular formula is C75H109AuN23O22S4. The Morgan fingerprint density at radius 3 is 1.32 bits per heavy atom. The van der Waals surface area contributed by atoms with E-state index in [0.717, 1.165) is 40.1 Å². The number of aliphatic hydroxyl groups is 8. The van der Waals surface area contributed by atoms with Crippen molar-refractivity contribution in [2.24, 2.45) is 0 Å². The van der Waals surface area contributed by atoms with Gasteiger partial charge < -0.3 is 128 Å². The molecule has 12 unspecified atom stereocenters. The fourth-order valence-electron chi connectivity index (χ4n) is 11.7. The first-order chi connectivity index (χ1) is 59.5. The molecule has 2 saturated heterocycles. The van der Waals surface area contributed by atoms with Crippen molar-refractivity contribution in [3.8, 4) is 0 Å². The number of Topliss-reactive ketones (excluding diaryl/α,β-unsaturated/α-hetero) is 1. The number of carbonyl (C=O) groups is 6. The first kappa shape index (κ1) is 105. The molecule has 12 atom stereocenters. The van der Waals surface area contributed by atoms with E-state index in [0.29, 0.717) is 112 Å². The number of aliphatic carboxylic acids is 2. The number of nitrogens with two attached hydrogens (primary N) is 4. The summed E-state index contributed by atoms with van der Waals surface area (Å²) >= 11 is 6.55. The standard InChI is InChI=1S/C29H37N11O5S.C28H36N12O5S.2C9H18O6S.Au/c1-39(17-19-15-32-26-24(34-19)25(30)36-29(31)37-26)20-5-3-18(4-6-20)27(42)35-23(28(43)44)10-9-22(41)8-7-21-16-33-38-40(21)11-12-45-13-14-46-2;1-39(16-18-13-32-25-23(34-18)24(29)36-28(30)37-25)19-5-3-17(4-6-19)26(42)35-21(27(43)44)7-8-22(41)31-14-20-15-33-38-40(20)9-10-45-11-12-46-2;2*1-16-3-2-14-9-8(13)7(12)6(11)5(4-10)15-9;/h3-6,15-16,23H,7-14,17H2,1-2H3,(H,35,42)(H,43,44)(H4,30,31,32,36,37);3-6,13,15,21H,7-12,14,16H2,1-2H3,(H,31,41)(H,35,42)(H,43,44)(H4,29,30,32,36,37);2*5-13H,2-4H2,1H3;. The molecule has 8 heterocycles. The summed E-state index contributed by atoms with van der Waals surface area (Å²) in [5.41, 5.74) is 29.2. The average molecular weight is 2010 g/mol. The van der Waals surface area contributed by atoms with Gasteiger partial charge in [0.25, 0.3) is 11.8 Å². The number of anilines is 6. The number of carboxylic acids is 2. The van der Waals surface area contributed by atoms with Gasteiger partial charge in [-0.05, 0) is 92.8 Å². The Morgan fingerprint density at radius 2 is 0.912 bits per heavy atom. The van der Waals surface area contributed by atoms with Crippen molar-refractivity contribution in [2.45, 2.75) is 145 Å². The van der Waals surface area contributed by atoms with Gasteiger partial charge in [0.15, 0.2) is 46.5 Å². The van der Waals surface area contributed by atoms with Crippen LogP contribution in [0.5, 0.6) is 0 Å². The Kier molecular flexibility index (Phi) is 46.0. The number of benzene rings is 2. The Hall–Kier alpha value is -9.04. The first-order valence-corrected chi connectivity index (χ1v) is 44.4. The summed E-state index contributed by atoms with van der Waals surface area (Å²) in [6.07, 6.45) is 2.69. The van der Waals surface area contributed by atoms with Crippen molar-refractivity contribution in [1.29, 1.82) is 0 Å². The van der Waals surface area contributed by atoms with Crippen molar-refractivity contribution in [3.63, 3.8) is 0 Å². The Morgan fingerprint density at radius 1 is 0.512 bits per heavy atom. The number of nitrogens with zero attached hydrogens (tertiary/aromatic N) is 16. The quantitative estimate of drug-likeness (QED) is 0.0147. The fourth-order valence-corrected chi connectivity index (χ4v) is 12.8. The number of amides is 3. The smallest absolute Gasteiger partial charge is 0.326 e. The van der Waals surface area contributed by atoms with E-state index in [-0.39, 0.29) is 107 Å². The molecule has 2 fully saturated rings. The number of ketones is 1. The molecule has 0 saturated carbocycles. The van der Waals surface area contributed by atoms with Crippen LogP contribution in [-0.4, -0.2) is 345 Å². The second kappa shape index (κ2) is 54.9. The number of rotatable bonds is 45. The van der Waals surface area contributed by atoms with Crippen molar-refractivity contribution >= 4 is 140 Å². The van der Waals surface area contributed by atoms with Crippen LogP contribution in [0.4, 0.5) is 34.9 Å². The Labute approximate surface area is 751 Å². The molecule has 10 rings (SSSR count). The monoisotopic (exact) mass is 2010 g/mol. The number of aromatic nitrogens is 14. The number of aryl methyl sites for hydroxylation is 1. The van der Waals surface area contributed by atoms with Crippen LogP contribution in [0, 0.1) is 0 Å². The molecule has 6 aromatic heterocycles.